The summed E-state index contributed by atoms with van der Waals surface area (Å²) < 4.78 is 11.4. The molecule has 0 unspecified atom stereocenters. The minimum absolute atomic E-state index is 0.529. The van der Waals surface area contributed by atoms with Crippen molar-refractivity contribution < 1.29 is 14.6 Å². The Morgan fingerprint density at radius 3 is 2.50 bits per heavy atom. The summed E-state index contributed by atoms with van der Waals surface area (Å²) in [5.41, 5.74) is 0.452. The Bertz CT molecular complexity index is 399. The van der Waals surface area contributed by atoms with E-state index in [0.29, 0.717) is 6.42 Å². The van der Waals surface area contributed by atoms with Gasteiger partial charge in [-0.1, -0.05) is 0 Å². The normalized spacial score (nSPS) is 17.0. The van der Waals surface area contributed by atoms with Crippen molar-refractivity contribution in [1.82, 2.24) is 0 Å². The van der Waals surface area contributed by atoms with E-state index in [9.17, 15) is 5.11 Å². The fourth-order valence-electron chi connectivity index (χ4n) is 1.78. The summed E-state index contributed by atoms with van der Waals surface area (Å²) in [4.78, 5) is 0. The highest BCUT2D eigenvalue weighted by molar-refractivity contribution is 9.10. The molecule has 0 bridgehead atoms. The van der Waals surface area contributed by atoms with Crippen LogP contribution in [0, 0.1) is 0 Å². The molecule has 0 atom stereocenters. The second-order valence-corrected chi connectivity index (χ2v) is 5.06. The van der Waals surface area contributed by atoms with Gasteiger partial charge in [-0.2, -0.15) is 0 Å². The Balaban J connectivity index is 2.35. The molecule has 16 heavy (non-hydrogen) atoms. The summed E-state index contributed by atoms with van der Waals surface area (Å²) >= 11 is 3.44. The fourth-order valence-corrected chi connectivity index (χ4v) is 2.42. The SMILES string of the molecule is COc1cc(Br)c(OC)c(CC2(O)CC2)c1. The van der Waals surface area contributed by atoms with Crippen LogP contribution in [0.5, 0.6) is 11.5 Å². The zero-order valence-corrected chi connectivity index (χ0v) is 11.0. The van der Waals surface area contributed by atoms with Gasteiger partial charge in [-0.15, -0.1) is 0 Å². The zero-order chi connectivity index (χ0) is 11.8. The molecule has 0 saturated heterocycles. The molecule has 0 spiro atoms. The van der Waals surface area contributed by atoms with E-state index in [1.807, 2.05) is 12.1 Å². The number of ether oxygens (including phenoxy) is 2. The van der Waals surface area contributed by atoms with Gasteiger partial charge in [0.2, 0.25) is 0 Å². The number of halogens is 1. The van der Waals surface area contributed by atoms with Crippen LogP contribution in [0.3, 0.4) is 0 Å². The summed E-state index contributed by atoms with van der Waals surface area (Å²) in [5.74, 6) is 1.55. The Hall–Kier alpha value is -0.740. The summed E-state index contributed by atoms with van der Waals surface area (Å²) in [6.45, 7) is 0. The van der Waals surface area contributed by atoms with Crippen LogP contribution in [-0.4, -0.2) is 24.9 Å². The van der Waals surface area contributed by atoms with Gasteiger partial charge in [0.05, 0.1) is 24.3 Å². The van der Waals surface area contributed by atoms with Gasteiger partial charge in [-0.3, -0.25) is 0 Å². The van der Waals surface area contributed by atoms with Crippen LogP contribution in [0.25, 0.3) is 0 Å². The first kappa shape index (κ1) is 11.7. The molecule has 0 radical (unpaired) electrons. The third kappa shape index (κ3) is 2.33. The van der Waals surface area contributed by atoms with Crippen LogP contribution in [0.4, 0.5) is 0 Å². The Kier molecular flexibility index (Phi) is 3.13. The molecule has 1 aliphatic rings. The van der Waals surface area contributed by atoms with E-state index in [4.69, 9.17) is 9.47 Å². The maximum Gasteiger partial charge on any atom is 0.136 e. The van der Waals surface area contributed by atoms with Crippen molar-refractivity contribution in [2.75, 3.05) is 14.2 Å². The quantitative estimate of drug-likeness (QED) is 0.925. The van der Waals surface area contributed by atoms with E-state index in [-0.39, 0.29) is 0 Å². The van der Waals surface area contributed by atoms with Gasteiger partial charge in [0, 0.05) is 12.0 Å². The highest BCUT2D eigenvalue weighted by Crippen LogP contribution is 2.42. The maximum absolute atomic E-state index is 9.94. The molecule has 3 nitrogen and oxygen atoms in total. The molecule has 1 fully saturated rings. The van der Waals surface area contributed by atoms with Gasteiger partial charge >= 0.3 is 0 Å². The average Bonchev–Trinajstić information content (AvgIpc) is 2.95. The second kappa shape index (κ2) is 4.26. The summed E-state index contributed by atoms with van der Waals surface area (Å²) in [5, 5.41) is 9.94. The van der Waals surface area contributed by atoms with Crippen molar-refractivity contribution in [2.24, 2.45) is 0 Å². The summed E-state index contributed by atoms with van der Waals surface area (Å²) in [6, 6.07) is 3.78. The molecule has 1 aromatic carbocycles. The Morgan fingerprint density at radius 1 is 1.31 bits per heavy atom. The number of hydrogen-bond donors (Lipinski definition) is 1. The van der Waals surface area contributed by atoms with Crippen molar-refractivity contribution in [3.05, 3.63) is 22.2 Å². The topological polar surface area (TPSA) is 38.7 Å². The monoisotopic (exact) mass is 286 g/mol. The Labute approximate surface area is 104 Å². The van der Waals surface area contributed by atoms with Crippen LogP contribution in [0.2, 0.25) is 0 Å². The first-order chi connectivity index (χ1) is 7.58. The van der Waals surface area contributed by atoms with Gasteiger partial charge in [-0.05, 0) is 40.9 Å². The molecule has 1 aromatic rings. The van der Waals surface area contributed by atoms with Gasteiger partial charge in [0.1, 0.15) is 11.5 Å². The highest BCUT2D eigenvalue weighted by atomic mass is 79.9. The van der Waals surface area contributed by atoms with E-state index in [1.165, 1.54) is 0 Å². The lowest BCUT2D eigenvalue weighted by atomic mass is 10.1. The molecule has 0 aliphatic heterocycles. The molecule has 1 saturated carbocycles. The molecule has 1 aliphatic carbocycles. The van der Waals surface area contributed by atoms with E-state index in [0.717, 1.165) is 34.4 Å². The van der Waals surface area contributed by atoms with Gasteiger partial charge in [0.15, 0.2) is 0 Å². The van der Waals surface area contributed by atoms with Crippen molar-refractivity contribution in [1.29, 1.82) is 0 Å². The standard InChI is InChI=1S/C12H15BrO3/c1-15-9-5-8(7-12(14)3-4-12)11(16-2)10(13)6-9/h5-6,14H,3-4,7H2,1-2H3. The largest absolute Gasteiger partial charge is 0.497 e. The molecule has 1 N–H and O–H groups in total. The molecular formula is C12H15BrO3. The number of aliphatic hydroxyl groups is 1. The van der Waals surface area contributed by atoms with Gasteiger partial charge < -0.3 is 14.6 Å². The molecule has 4 heteroatoms. The predicted octanol–water partition coefficient (Wildman–Crippen LogP) is 2.53. The zero-order valence-electron chi connectivity index (χ0n) is 9.42. The van der Waals surface area contributed by atoms with E-state index in [1.54, 1.807) is 14.2 Å². The number of benzene rings is 1. The fraction of sp³-hybridized carbons (Fsp3) is 0.500. The van der Waals surface area contributed by atoms with Crippen LogP contribution in [-0.2, 0) is 6.42 Å². The third-order valence-electron chi connectivity index (χ3n) is 2.88. The highest BCUT2D eigenvalue weighted by Gasteiger charge is 2.41. The second-order valence-electron chi connectivity index (χ2n) is 4.20. The summed E-state index contributed by atoms with van der Waals surface area (Å²) in [6.07, 6.45) is 2.35. The molecule has 0 amide bonds. The smallest absolute Gasteiger partial charge is 0.136 e. The van der Waals surface area contributed by atoms with Crippen LogP contribution < -0.4 is 9.47 Å². The van der Waals surface area contributed by atoms with Crippen molar-refractivity contribution >= 4 is 15.9 Å². The molecule has 2 rings (SSSR count). The molecule has 0 heterocycles. The van der Waals surface area contributed by atoms with Crippen molar-refractivity contribution in [3.63, 3.8) is 0 Å². The van der Waals surface area contributed by atoms with Gasteiger partial charge in [0.25, 0.3) is 0 Å². The van der Waals surface area contributed by atoms with E-state index < -0.39 is 5.60 Å². The molecule has 0 aromatic heterocycles. The first-order valence-electron chi connectivity index (χ1n) is 5.21. The van der Waals surface area contributed by atoms with Gasteiger partial charge in [-0.25, -0.2) is 0 Å². The predicted molar refractivity (Wildman–Crippen MR) is 65.1 cm³/mol. The first-order valence-corrected chi connectivity index (χ1v) is 6.00. The van der Waals surface area contributed by atoms with Crippen molar-refractivity contribution in [2.45, 2.75) is 24.9 Å². The average molecular weight is 287 g/mol. The van der Waals surface area contributed by atoms with Crippen LogP contribution in [0.1, 0.15) is 18.4 Å². The molecule has 88 valence electrons. The lowest BCUT2D eigenvalue weighted by Gasteiger charge is -2.15. The summed E-state index contributed by atoms with van der Waals surface area (Å²) in [7, 11) is 3.26. The minimum Gasteiger partial charge on any atom is -0.497 e. The maximum atomic E-state index is 9.94. The van der Waals surface area contributed by atoms with Crippen LogP contribution >= 0.6 is 15.9 Å². The number of rotatable bonds is 4. The van der Waals surface area contributed by atoms with Crippen molar-refractivity contribution in [3.8, 4) is 11.5 Å². The minimum atomic E-state index is -0.529. The Morgan fingerprint density at radius 2 is 2.00 bits per heavy atom. The lowest BCUT2D eigenvalue weighted by molar-refractivity contribution is 0.150. The van der Waals surface area contributed by atoms with E-state index in [2.05, 4.69) is 15.9 Å². The van der Waals surface area contributed by atoms with Crippen LogP contribution in [0.15, 0.2) is 16.6 Å². The lowest BCUT2D eigenvalue weighted by Crippen LogP contribution is -2.12. The third-order valence-corrected chi connectivity index (χ3v) is 3.47. The van der Waals surface area contributed by atoms with E-state index >= 15 is 0 Å². The number of hydrogen-bond acceptors (Lipinski definition) is 3. The number of methoxy groups -OCH3 is 2. The molecular weight excluding hydrogens is 272 g/mol.